The quantitative estimate of drug-likeness (QED) is 0.511. The second-order valence-corrected chi connectivity index (χ2v) is 10.6. The highest BCUT2D eigenvalue weighted by Gasteiger charge is 2.21. The molecule has 33 heavy (non-hydrogen) atoms. The van der Waals surface area contributed by atoms with Crippen LogP contribution in [0.1, 0.15) is 28.2 Å². The van der Waals surface area contributed by atoms with E-state index in [1.165, 1.54) is 27.8 Å². The third-order valence-electron chi connectivity index (χ3n) is 6.15. The number of amides is 1. The first-order chi connectivity index (χ1) is 16.2. The van der Waals surface area contributed by atoms with Crippen molar-refractivity contribution in [3.8, 4) is 0 Å². The third-order valence-corrected chi connectivity index (χ3v) is 8.28. The van der Waals surface area contributed by atoms with Crippen LogP contribution in [0.15, 0.2) is 29.1 Å². The van der Waals surface area contributed by atoms with Gasteiger partial charge in [0.2, 0.25) is 5.91 Å². The lowest BCUT2D eigenvalue weighted by atomic mass is 10.1. The Bertz CT molecular complexity index is 1180. The van der Waals surface area contributed by atoms with Gasteiger partial charge in [-0.15, -0.1) is 23.1 Å². The summed E-state index contributed by atoms with van der Waals surface area (Å²) in [4.78, 5) is 37.0. The SMILES string of the molecule is O=C(CSCc1nc2sc3c(c2c(=O)[nH]1)CCC3)Nc1ccc(CCN2CCOCC2)cc1. The van der Waals surface area contributed by atoms with E-state index in [0.717, 1.165) is 74.4 Å². The average Bonchev–Trinajstić information content (AvgIpc) is 3.40. The Labute approximate surface area is 200 Å². The molecule has 1 saturated heterocycles. The van der Waals surface area contributed by atoms with Crippen molar-refractivity contribution in [2.45, 2.75) is 31.4 Å². The fraction of sp³-hybridized carbons (Fsp3) is 0.458. The molecule has 174 valence electrons. The molecule has 0 saturated carbocycles. The summed E-state index contributed by atoms with van der Waals surface area (Å²) >= 11 is 3.09. The molecule has 1 aliphatic heterocycles. The molecule has 2 aliphatic rings. The summed E-state index contributed by atoms with van der Waals surface area (Å²) in [5.74, 6) is 1.39. The third kappa shape index (κ3) is 5.48. The Kier molecular flexibility index (Phi) is 7.10. The van der Waals surface area contributed by atoms with Crippen molar-refractivity contribution in [1.82, 2.24) is 14.9 Å². The molecule has 0 spiro atoms. The number of aryl methyl sites for hydroxylation is 2. The second-order valence-electron chi connectivity index (χ2n) is 8.49. The maximum atomic E-state index is 12.5. The zero-order valence-electron chi connectivity index (χ0n) is 18.5. The minimum absolute atomic E-state index is 0.0480. The maximum Gasteiger partial charge on any atom is 0.259 e. The Morgan fingerprint density at radius 2 is 2.03 bits per heavy atom. The number of fused-ring (bicyclic) bond motifs is 3. The van der Waals surface area contributed by atoms with Gasteiger partial charge in [0.1, 0.15) is 10.7 Å². The van der Waals surface area contributed by atoms with Gasteiger partial charge in [-0.1, -0.05) is 12.1 Å². The number of nitrogens with one attached hydrogen (secondary N) is 2. The molecule has 9 heteroatoms. The van der Waals surface area contributed by atoms with E-state index in [-0.39, 0.29) is 11.5 Å². The van der Waals surface area contributed by atoms with Gasteiger partial charge >= 0.3 is 0 Å². The highest BCUT2D eigenvalue weighted by molar-refractivity contribution is 7.99. The number of aromatic amines is 1. The van der Waals surface area contributed by atoms with E-state index in [9.17, 15) is 9.59 Å². The van der Waals surface area contributed by atoms with Gasteiger partial charge in [-0.05, 0) is 48.9 Å². The monoisotopic (exact) mass is 484 g/mol. The molecule has 2 aromatic heterocycles. The summed E-state index contributed by atoms with van der Waals surface area (Å²) < 4.78 is 5.39. The van der Waals surface area contributed by atoms with Crippen LogP contribution in [-0.2, 0) is 34.5 Å². The molecular formula is C24H28N4O3S2. The molecule has 0 bridgehead atoms. The zero-order chi connectivity index (χ0) is 22.6. The average molecular weight is 485 g/mol. The van der Waals surface area contributed by atoms with Crippen LogP contribution in [0.2, 0.25) is 0 Å². The molecule has 1 amide bonds. The van der Waals surface area contributed by atoms with Crippen LogP contribution in [0.4, 0.5) is 5.69 Å². The van der Waals surface area contributed by atoms with Gasteiger partial charge < -0.3 is 15.0 Å². The first-order valence-corrected chi connectivity index (χ1v) is 13.4. The number of ether oxygens (including phenoxy) is 1. The highest BCUT2D eigenvalue weighted by atomic mass is 32.2. The standard InChI is InChI=1S/C24H28N4O3S2/c29-21(25-17-6-4-16(5-7-17)8-9-28-10-12-31-13-11-28)15-32-14-20-26-23(30)22-18-2-1-3-19(18)33-24(22)27-20/h4-7H,1-3,8-15H2,(H,25,29)(H,26,27,30). The zero-order valence-corrected chi connectivity index (χ0v) is 20.2. The van der Waals surface area contributed by atoms with Crippen LogP contribution >= 0.6 is 23.1 Å². The van der Waals surface area contributed by atoms with Crippen LogP contribution in [0.5, 0.6) is 0 Å². The predicted molar refractivity (Wildman–Crippen MR) is 134 cm³/mol. The summed E-state index contributed by atoms with van der Waals surface area (Å²) in [6.45, 7) is 4.66. The number of H-pyrrole nitrogens is 1. The minimum Gasteiger partial charge on any atom is -0.379 e. The van der Waals surface area contributed by atoms with Gasteiger partial charge in [0.25, 0.3) is 5.56 Å². The lowest BCUT2D eigenvalue weighted by Crippen LogP contribution is -2.37. The number of thioether (sulfide) groups is 1. The first-order valence-electron chi connectivity index (χ1n) is 11.5. The number of hydrogen-bond acceptors (Lipinski definition) is 7. The second kappa shape index (κ2) is 10.4. The Morgan fingerprint density at radius 1 is 1.21 bits per heavy atom. The first kappa shape index (κ1) is 22.6. The number of aromatic nitrogens is 2. The lowest BCUT2D eigenvalue weighted by Gasteiger charge is -2.26. The number of anilines is 1. The molecule has 1 aromatic carbocycles. The normalized spacial score (nSPS) is 16.2. The number of thiophene rings is 1. The van der Waals surface area contributed by atoms with Gasteiger partial charge in [-0.3, -0.25) is 14.5 Å². The summed E-state index contributed by atoms with van der Waals surface area (Å²) in [5.41, 5.74) is 3.21. The fourth-order valence-electron chi connectivity index (χ4n) is 4.42. The number of hydrogen-bond donors (Lipinski definition) is 2. The van der Waals surface area contributed by atoms with Crippen LogP contribution in [-0.4, -0.2) is 59.4 Å². The summed E-state index contributed by atoms with van der Waals surface area (Å²) in [7, 11) is 0. The predicted octanol–water partition coefficient (Wildman–Crippen LogP) is 3.22. The van der Waals surface area contributed by atoms with Crippen molar-refractivity contribution >= 4 is 44.9 Å². The molecule has 3 heterocycles. The molecule has 2 N–H and O–H groups in total. The molecule has 1 aliphatic carbocycles. The Balaban J connectivity index is 1.09. The van der Waals surface area contributed by atoms with Crippen molar-refractivity contribution in [2.24, 2.45) is 0 Å². The maximum absolute atomic E-state index is 12.5. The van der Waals surface area contributed by atoms with E-state index < -0.39 is 0 Å². The number of carbonyl (C=O) groups is 1. The van der Waals surface area contributed by atoms with Crippen molar-refractivity contribution in [1.29, 1.82) is 0 Å². The van der Waals surface area contributed by atoms with Crippen molar-refractivity contribution < 1.29 is 9.53 Å². The minimum atomic E-state index is -0.0559. The molecule has 0 unspecified atom stereocenters. The molecule has 5 rings (SSSR count). The van der Waals surface area contributed by atoms with E-state index in [2.05, 4.69) is 32.3 Å². The van der Waals surface area contributed by atoms with Crippen molar-refractivity contribution in [3.05, 3.63) is 56.4 Å². The molecule has 3 aromatic rings. The van der Waals surface area contributed by atoms with E-state index in [1.807, 2.05) is 12.1 Å². The molecule has 0 atom stereocenters. The number of nitrogens with zero attached hydrogens (tertiary/aromatic N) is 2. The van der Waals surface area contributed by atoms with E-state index in [1.54, 1.807) is 11.3 Å². The van der Waals surface area contributed by atoms with Gasteiger partial charge in [0, 0.05) is 30.2 Å². The summed E-state index contributed by atoms with van der Waals surface area (Å²) in [5, 5.41) is 3.72. The van der Waals surface area contributed by atoms with Crippen LogP contribution in [0.3, 0.4) is 0 Å². The van der Waals surface area contributed by atoms with Crippen LogP contribution < -0.4 is 10.9 Å². The van der Waals surface area contributed by atoms with Gasteiger partial charge in [-0.2, -0.15) is 0 Å². The van der Waals surface area contributed by atoms with Crippen LogP contribution in [0, 0.1) is 0 Å². The van der Waals surface area contributed by atoms with E-state index in [4.69, 9.17) is 4.74 Å². The van der Waals surface area contributed by atoms with Gasteiger partial charge in [-0.25, -0.2) is 4.98 Å². The number of morpholine rings is 1. The molecular weight excluding hydrogens is 456 g/mol. The van der Waals surface area contributed by atoms with Crippen molar-refractivity contribution in [3.63, 3.8) is 0 Å². The van der Waals surface area contributed by atoms with Crippen LogP contribution in [0.25, 0.3) is 10.2 Å². The summed E-state index contributed by atoms with van der Waals surface area (Å²) in [6, 6.07) is 8.07. The van der Waals surface area contributed by atoms with E-state index in [0.29, 0.717) is 17.3 Å². The van der Waals surface area contributed by atoms with E-state index >= 15 is 0 Å². The summed E-state index contributed by atoms with van der Waals surface area (Å²) in [6.07, 6.45) is 4.14. The van der Waals surface area contributed by atoms with Gasteiger partial charge in [0.05, 0.1) is 30.1 Å². The molecule has 0 radical (unpaired) electrons. The highest BCUT2D eigenvalue weighted by Crippen LogP contribution is 2.34. The number of rotatable bonds is 8. The Morgan fingerprint density at radius 3 is 2.85 bits per heavy atom. The topological polar surface area (TPSA) is 87.3 Å². The fourth-order valence-corrected chi connectivity index (χ4v) is 6.39. The number of carbonyl (C=O) groups excluding carboxylic acids is 1. The molecule has 1 fully saturated rings. The largest absolute Gasteiger partial charge is 0.379 e. The smallest absolute Gasteiger partial charge is 0.259 e. The Hall–Kier alpha value is -2.20. The lowest BCUT2D eigenvalue weighted by molar-refractivity contribution is -0.113. The number of benzene rings is 1. The molecule has 7 nitrogen and oxygen atoms in total. The van der Waals surface area contributed by atoms with Gasteiger partial charge in [0.15, 0.2) is 0 Å². The van der Waals surface area contributed by atoms with Crippen molar-refractivity contribution in [2.75, 3.05) is 43.9 Å².